The van der Waals surface area contributed by atoms with Crippen molar-refractivity contribution >= 4 is 17.7 Å². The smallest absolute Gasteiger partial charge is 0.224 e. The van der Waals surface area contributed by atoms with E-state index in [1.54, 1.807) is 0 Å². The summed E-state index contributed by atoms with van der Waals surface area (Å²) in [5.74, 6) is 1.05. The Hall–Kier alpha value is -2.79. The summed E-state index contributed by atoms with van der Waals surface area (Å²) in [5.41, 5.74) is 2.16. The normalized spacial score (nSPS) is 14.9. The Morgan fingerprint density at radius 2 is 1.76 bits per heavy atom. The predicted octanol–water partition coefficient (Wildman–Crippen LogP) is 3.74. The minimum absolute atomic E-state index is 0.214. The van der Waals surface area contributed by atoms with Gasteiger partial charge in [0.2, 0.25) is 5.91 Å². The maximum absolute atomic E-state index is 12.5. The average molecular weight is 394 g/mol. The highest BCUT2D eigenvalue weighted by Crippen LogP contribution is 2.23. The van der Waals surface area contributed by atoms with Crippen LogP contribution in [-0.4, -0.2) is 61.6 Å². The molecule has 2 aromatic rings. The van der Waals surface area contributed by atoms with Crippen molar-refractivity contribution in [2.24, 2.45) is 0 Å². The third-order valence-electron chi connectivity index (χ3n) is 5.04. The number of hydrogen-bond donors (Lipinski definition) is 1. The van der Waals surface area contributed by atoms with E-state index in [0.29, 0.717) is 19.6 Å². The first-order valence-electron chi connectivity index (χ1n) is 10.4. The van der Waals surface area contributed by atoms with Crippen LogP contribution >= 0.6 is 0 Å². The van der Waals surface area contributed by atoms with Crippen molar-refractivity contribution in [1.29, 1.82) is 0 Å². The highest BCUT2D eigenvalue weighted by molar-refractivity contribution is 5.77. The number of amides is 1. The fourth-order valence-corrected chi connectivity index (χ4v) is 3.44. The highest BCUT2D eigenvalue weighted by atomic mass is 16.5. The molecule has 0 spiro atoms. The van der Waals surface area contributed by atoms with Crippen LogP contribution in [0.25, 0.3) is 6.08 Å². The van der Waals surface area contributed by atoms with Crippen molar-refractivity contribution in [2.75, 3.05) is 51.2 Å². The van der Waals surface area contributed by atoms with Crippen LogP contribution in [0.4, 0.5) is 5.69 Å². The number of benzene rings is 2. The van der Waals surface area contributed by atoms with Crippen molar-refractivity contribution in [2.45, 2.75) is 13.3 Å². The van der Waals surface area contributed by atoms with Gasteiger partial charge in [-0.15, -0.1) is 0 Å². The molecule has 1 saturated heterocycles. The van der Waals surface area contributed by atoms with E-state index in [4.69, 9.17) is 4.74 Å². The first-order valence-corrected chi connectivity index (χ1v) is 10.4. The number of rotatable bonds is 9. The van der Waals surface area contributed by atoms with E-state index in [1.807, 2.05) is 54.3 Å². The molecule has 5 nitrogen and oxygen atoms in total. The lowest BCUT2D eigenvalue weighted by molar-refractivity contribution is -0.132. The largest absolute Gasteiger partial charge is 0.492 e. The molecule has 0 aromatic heterocycles. The number of para-hydroxylation sites is 2. The molecule has 5 heteroatoms. The van der Waals surface area contributed by atoms with E-state index in [-0.39, 0.29) is 5.91 Å². The molecule has 1 amide bonds. The molecular weight excluding hydrogens is 362 g/mol. The molecular formula is C24H31N3O2. The van der Waals surface area contributed by atoms with Gasteiger partial charge in [0.1, 0.15) is 5.75 Å². The number of ether oxygens (including phenoxy) is 1. The van der Waals surface area contributed by atoms with Gasteiger partial charge in [-0.25, -0.2) is 0 Å². The lowest BCUT2D eigenvalue weighted by Gasteiger charge is -2.34. The van der Waals surface area contributed by atoms with Crippen LogP contribution in [0.2, 0.25) is 0 Å². The van der Waals surface area contributed by atoms with E-state index in [0.717, 1.165) is 44.2 Å². The van der Waals surface area contributed by atoms with Gasteiger partial charge in [-0.1, -0.05) is 54.6 Å². The number of carbonyl (C=O) groups excluding carboxylic acids is 1. The second-order valence-corrected chi connectivity index (χ2v) is 7.10. The van der Waals surface area contributed by atoms with Crippen molar-refractivity contribution in [3.8, 4) is 5.75 Å². The van der Waals surface area contributed by atoms with Crippen LogP contribution in [-0.2, 0) is 4.79 Å². The summed E-state index contributed by atoms with van der Waals surface area (Å²) in [7, 11) is 0. The molecule has 0 atom stereocenters. The van der Waals surface area contributed by atoms with Crippen molar-refractivity contribution in [3.63, 3.8) is 0 Å². The first-order chi connectivity index (χ1) is 14.3. The maximum atomic E-state index is 12.5. The Kier molecular flexibility index (Phi) is 8.13. The molecule has 0 saturated carbocycles. The van der Waals surface area contributed by atoms with Crippen LogP contribution in [0.3, 0.4) is 0 Å². The minimum atomic E-state index is 0.214. The average Bonchev–Trinajstić information content (AvgIpc) is 2.76. The van der Waals surface area contributed by atoms with Gasteiger partial charge in [-0.3, -0.25) is 9.69 Å². The van der Waals surface area contributed by atoms with E-state index in [1.165, 1.54) is 5.56 Å². The lowest BCUT2D eigenvalue weighted by atomic mass is 10.2. The third kappa shape index (κ3) is 6.64. The van der Waals surface area contributed by atoms with Crippen molar-refractivity contribution in [3.05, 3.63) is 66.2 Å². The summed E-state index contributed by atoms with van der Waals surface area (Å²) in [5, 5.41) is 3.33. The fourth-order valence-electron chi connectivity index (χ4n) is 3.44. The van der Waals surface area contributed by atoms with Crippen LogP contribution in [0, 0.1) is 0 Å². The zero-order chi connectivity index (χ0) is 20.3. The molecule has 1 fully saturated rings. The SMILES string of the molecule is CCOc1ccccc1NCCC(=O)N1CCN(C/C=C/c2ccccc2)CC1. The molecule has 1 aliphatic rings. The van der Waals surface area contributed by atoms with Gasteiger partial charge in [0.25, 0.3) is 0 Å². The maximum Gasteiger partial charge on any atom is 0.224 e. The van der Waals surface area contributed by atoms with Gasteiger partial charge in [-0.2, -0.15) is 0 Å². The van der Waals surface area contributed by atoms with Gasteiger partial charge in [0.15, 0.2) is 0 Å². The zero-order valence-electron chi connectivity index (χ0n) is 17.2. The monoisotopic (exact) mass is 393 g/mol. The van der Waals surface area contributed by atoms with E-state index in [9.17, 15) is 4.79 Å². The first kappa shape index (κ1) is 20.9. The molecule has 3 rings (SSSR count). The van der Waals surface area contributed by atoms with Gasteiger partial charge in [-0.05, 0) is 24.6 Å². The minimum Gasteiger partial charge on any atom is -0.492 e. The standard InChI is InChI=1S/C24H31N3O2/c1-2-29-23-13-7-6-12-22(23)25-15-14-24(28)27-19-17-26(18-20-27)16-8-11-21-9-4-3-5-10-21/h3-13,25H,2,14-20H2,1H3/b11-8+. The van der Waals surface area contributed by atoms with Crippen LogP contribution in [0.5, 0.6) is 5.75 Å². The summed E-state index contributed by atoms with van der Waals surface area (Å²) in [6.45, 7) is 7.58. The lowest BCUT2D eigenvalue weighted by Crippen LogP contribution is -2.48. The van der Waals surface area contributed by atoms with Gasteiger partial charge >= 0.3 is 0 Å². The van der Waals surface area contributed by atoms with Gasteiger partial charge < -0.3 is 15.0 Å². The van der Waals surface area contributed by atoms with E-state index < -0.39 is 0 Å². The number of hydrogen-bond acceptors (Lipinski definition) is 4. The molecule has 29 heavy (non-hydrogen) atoms. The number of piperazine rings is 1. The van der Waals surface area contributed by atoms with E-state index >= 15 is 0 Å². The summed E-state index contributed by atoms with van der Waals surface area (Å²) in [6, 6.07) is 18.2. The Morgan fingerprint density at radius 3 is 2.52 bits per heavy atom. The summed E-state index contributed by atoms with van der Waals surface area (Å²) in [6.07, 6.45) is 4.85. The molecule has 0 bridgehead atoms. The molecule has 1 heterocycles. The quantitative estimate of drug-likeness (QED) is 0.705. The van der Waals surface area contributed by atoms with Crippen LogP contribution in [0.15, 0.2) is 60.7 Å². The molecule has 2 aromatic carbocycles. The van der Waals surface area contributed by atoms with Crippen molar-refractivity contribution in [1.82, 2.24) is 9.80 Å². The van der Waals surface area contributed by atoms with E-state index in [2.05, 4.69) is 34.5 Å². The van der Waals surface area contributed by atoms with Crippen molar-refractivity contribution < 1.29 is 9.53 Å². The number of nitrogens with one attached hydrogen (secondary N) is 1. The molecule has 154 valence electrons. The number of nitrogens with zero attached hydrogens (tertiary/aromatic N) is 2. The molecule has 0 aliphatic carbocycles. The molecule has 0 radical (unpaired) electrons. The second-order valence-electron chi connectivity index (χ2n) is 7.10. The topological polar surface area (TPSA) is 44.8 Å². The number of anilines is 1. The summed E-state index contributed by atoms with van der Waals surface area (Å²) >= 11 is 0. The molecule has 0 unspecified atom stereocenters. The zero-order valence-corrected chi connectivity index (χ0v) is 17.2. The molecule has 1 N–H and O–H groups in total. The van der Waals surface area contributed by atoms with Gasteiger partial charge in [0, 0.05) is 45.7 Å². The Bertz CT molecular complexity index is 784. The number of carbonyl (C=O) groups is 1. The third-order valence-corrected chi connectivity index (χ3v) is 5.04. The summed E-state index contributed by atoms with van der Waals surface area (Å²) in [4.78, 5) is 16.9. The summed E-state index contributed by atoms with van der Waals surface area (Å²) < 4.78 is 5.61. The predicted molar refractivity (Wildman–Crippen MR) is 119 cm³/mol. The highest BCUT2D eigenvalue weighted by Gasteiger charge is 2.20. The van der Waals surface area contributed by atoms with Gasteiger partial charge in [0.05, 0.1) is 12.3 Å². The second kappa shape index (κ2) is 11.3. The molecule has 1 aliphatic heterocycles. The Balaban J connectivity index is 1.36. The Morgan fingerprint density at radius 1 is 1.03 bits per heavy atom. The van der Waals surface area contributed by atoms with Crippen LogP contribution in [0.1, 0.15) is 18.9 Å². The van der Waals surface area contributed by atoms with Crippen LogP contribution < -0.4 is 10.1 Å². The fraction of sp³-hybridized carbons (Fsp3) is 0.375. The Labute approximate surface area is 174 Å².